The minimum atomic E-state index is -0.604. The summed E-state index contributed by atoms with van der Waals surface area (Å²) < 4.78 is 18.8. The first-order valence-corrected chi connectivity index (χ1v) is 5.86. The molecule has 1 heterocycles. The lowest BCUT2D eigenvalue weighted by Crippen LogP contribution is -2.13. The number of aliphatic hydroxyl groups is 1. The van der Waals surface area contributed by atoms with Crippen LogP contribution in [0, 0.1) is 24.6 Å². The smallest absolute Gasteiger partial charge is 0.291 e. The Morgan fingerprint density at radius 2 is 2.25 bits per heavy atom. The predicted molar refractivity (Wildman–Crippen MR) is 71.8 cm³/mol. The van der Waals surface area contributed by atoms with Crippen molar-refractivity contribution in [3.63, 3.8) is 0 Å². The molecule has 4 nitrogen and oxygen atoms in total. The van der Waals surface area contributed by atoms with Crippen LogP contribution in [-0.2, 0) is 0 Å². The summed E-state index contributed by atoms with van der Waals surface area (Å²) in [4.78, 5) is 11.9. The highest BCUT2D eigenvalue weighted by Crippen LogP contribution is 2.18. The highest BCUT2D eigenvalue weighted by molar-refractivity contribution is 6.03. The molecule has 0 spiro atoms. The minimum absolute atomic E-state index is 0.0420. The molecular weight excluding hydrogens is 261 g/mol. The molecule has 0 aliphatic carbocycles. The monoisotopic (exact) mass is 273 g/mol. The minimum Gasteiger partial charge on any atom is -0.459 e. The predicted octanol–water partition coefficient (Wildman–Crippen LogP) is 2.32. The zero-order valence-corrected chi connectivity index (χ0v) is 10.7. The maximum Gasteiger partial charge on any atom is 0.291 e. The van der Waals surface area contributed by atoms with Gasteiger partial charge in [-0.15, -0.1) is 0 Å². The average Bonchev–Trinajstić information content (AvgIpc) is 2.85. The summed E-state index contributed by atoms with van der Waals surface area (Å²) >= 11 is 0. The van der Waals surface area contributed by atoms with Crippen LogP contribution in [0.1, 0.15) is 21.7 Å². The molecule has 1 amide bonds. The molecule has 0 atom stereocenters. The Labute approximate surface area is 115 Å². The largest absolute Gasteiger partial charge is 0.459 e. The first-order chi connectivity index (χ1) is 9.61. The van der Waals surface area contributed by atoms with Crippen LogP contribution >= 0.6 is 0 Å². The summed E-state index contributed by atoms with van der Waals surface area (Å²) in [6.45, 7) is 1.43. The number of anilines is 1. The average molecular weight is 273 g/mol. The van der Waals surface area contributed by atoms with E-state index in [1.54, 1.807) is 19.1 Å². The molecule has 102 valence electrons. The van der Waals surface area contributed by atoms with Crippen molar-refractivity contribution in [2.45, 2.75) is 6.92 Å². The normalized spacial score (nSPS) is 9.75. The van der Waals surface area contributed by atoms with E-state index >= 15 is 0 Å². The van der Waals surface area contributed by atoms with E-state index in [0.29, 0.717) is 11.1 Å². The van der Waals surface area contributed by atoms with Gasteiger partial charge in [0.25, 0.3) is 5.91 Å². The number of hydrogen-bond acceptors (Lipinski definition) is 3. The number of halogens is 1. The quantitative estimate of drug-likeness (QED) is 0.825. The number of rotatable bonds is 2. The second kappa shape index (κ2) is 6.04. The zero-order chi connectivity index (χ0) is 14.5. The van der Waals surface area contributed by atoms with Crippen molar-refractivity contribution in [2.24, 2.45) is 0 Å². The van der Waals surface area contributed by atoms with E-state index in [4.69, 9.17) is 9.52 Å². The van der Waals surface area contributed by atoms with E-state index in [0.717, 1.165) is 0 Å². The first-order valence-electron chi connectivity index (χ1n) is 5.86. The highest BCUT2D eigenvalue weighted by Gasteiger charge is 2.14. The van der Waals surface area contributed by atoms with E-state index in [9.17, 15) is 9.18 Å². The molecule has 5 heteroatoms. The van der Waals surface area contributed by atoms with Gasteiger partial charge in [0.15, 0.2) is 5.76 Å². The summed E-state index contributed by atoms with van der Waals surface area (Å²) in [7, 11) is 0. The second-order valence-corrected chi connectivity index (χ2v) is 4.04. The standard InChI is InChI=1S/C15H12FNO3/c1-10-6-8-20-14(10)15(19)17-13-5-4-11(3-2-7-18)9-12(13)16/h4-6,8-9,18H,7H2,1H3,(H,17,19). The van der Waals surface area contributed by atoms with Crippen LogP contribution in [-0.4, -0.2) is 17.6 Å². The van der Waals surface area contributed by atoms with Crippen molar-refractivity contribution < 1.29 is 18.7 Å². The number of carbonyl (C=O) groups excluding carboxylic acids is 1. The van der Waals surface area contributed by atoms with Crippen molar-refractivity contribution in [1.29, 1.82) is 0 Å². The van der Waals surface area contributed by atoms with Gasteiger partial charge in [0.05, 0.1) is 12.0 Å². The Morgan fingerprint density at radius 1 is 1.45 bits per heavy atom. The molecule has 2 rings (SSSR count). The molecule has 1 aromatic heterocycles. The van der Waals surface area contributed by atoms with Crippen LogP contribution in [0.2, 0.25) is 0 Å². The van der Waals surface area contributed by atoms with E-state index in [2.05, 4.69) is 17.2 Å². The Kier molecular flexibility index (Phi) is 4.18. The molecule has 0 saturated carbocycles. The molecule has 2 N–H and O–H groups in total. The van der Waals surface area contributed by atoms with Crippen molar-refractivity contribution in [3.8, 4) is 11.8 Å². The van der Waals surface area contributed by atoms with Crippen molar-refractivity contribution >= 4 is 11.6 Å². The maximum absolute atomic E-state index is 13.8. The van der Waals surface area contributed by atoms with Gasteiger partial charge in [-0.2, -0.15) is 0 Å². The fourth-order valence-electron chi connectivity index (χ4n) is 1.62. The van der Waals surface area contributed by atoms with Gasteiger partial charge in [-0.1, -0.05) is 11.8 Å². The number of amides is 1. The second-order valence-electron chi connectivity index (χ2n) is 4.04. The number of nitrogens with one attached hydrogen (secondary N) is 1. The molecule has 0 saturated heterocycles. The fourth-order valence-corrected chi connectivity index (χ4v) is 1.62. The van der Waals surface area contributed by atoms with Gasteiger partial charge in [0.2, 0.25) is 0 Å². The third-order valence-electron chi connectivity index (χ3n) is 2.60. The lowest BCUT2D eigenvalue weighted by Gasteiger charge is -2.05. The number of hydrogen-bond donors (Lipinski definition) is 2. The number of aliphatic hydroxyl groups excluding tert-OH is 1. The molecule has 0 aliphatic rings. The summed E-state index contributed by atoms with van der Waals surface area (Å²) in [6, 6.07) is 5.80. The number of furan rings is 1. The van der Waals surface area contributed by atoms with Crippen LogP contribution in [0.5, 0.6) is 0 Å². The van der Waals surface area contributed by atoms with Gasteiger partial charge in [0, 0.05) is 11.1 Å². The van der Waals surface area contributed by atoms with E-state index in [-0.39, 0.29) is 18.1 Å². The van der Waals surface area contributed by atoms with Crippen molar-refractivity contribution in [3.05, 3.63) is 53.2 Å². The summed E-state index contributed by atoms with van der Waals surface area (Å²) in [6.07, 6.45) is 1.40. The van der Waals surface area contributed by atoms with Gasteiger partial charge in [0.1, 0.15) is 12.4 Å². The molecule has 0 fully saturated rings. The Hall–Kier alpha value is -2.58. The SMILES string of the molecule is Cc1ccoc1C(=O)Nc1ccc(C#CCO)cc1F. The van der Waals surface area contributed by atoms with Gasteiger partial charge >= 0.3 is 0 Å². The maximum atomic E-state index is 13.8. The molecule has 0 aliphatic heterocycles. The Morgan fingerprint density at radius 3 is 2.85 bits per heavy atom. The fraction of sp³-hybridized carbons (Fsp3) is 0.133. The number of benzene rings is 1. The lowest BCUT2D eigenvalue weighted by atomic mass is 10.2. The van der Waals surface area contributed by atoms with Gasteiger partial charge < -0.3 is 14.8 Å². The Bertz CT molecular complexity index is 695. The van der Waals surface area contributed by atoms with Gasteiger partial charge in [-0.25, -0.2) is 4.39 Å². The summed E-state index contributed by atoms with van der Waals surface area (Å²) in [5.74, 6) is 4.03. The van der Waals surface area contributed by atoms with Gasteiger partial charge in [-0.3, -0.25) is 4.79 Å². The zero-order valence-electron chi connectivity index (χ0n) is 10.7. The lowest BCUT2D eigenvalue weighted by molar-refractivity contribution is 0.0995. The summed E-state index contributed by atoms with van der Waals surface area (Å²) in [5.41, 5.74) is 1.14. The topological polar surface area (TPSA) is 62.5 Å². The third-order valence-corrected chi connectivity index (χ3v) is 2.60. The van der Waals surface area contributed by atoms with Crippen molar-refractivity contribution in [1.82, 2.24) is 0 Å². The van der Waals surface area contributed by atoms with Crippen LogP contribution in [0.25, 0.3) is 0 Å². The molecule has 1 aromatic carbocycles. The molecular formula is C15H12FNO3. The highest BCUT2D eigenvalue weighted by atomic mass is 19.1. The number of carbonyl (C=O) groups is 1. The van der Waals surface area contributed by atoms with E-state index in [1.807, 2.05) is 0 Å². The molecule has 0 unspecified atom stereocenters. The van der Waals surface area contributed by atoms with Crippen molar-refractivity contribution in [2.75, 3.05) is 11.9 Å². The van der Waals surface area contributed by atoms with Gasteiger partial charge in [-0.05, 0) is 31.2 Å². The first kappa shape index (κ1) is 13.8. The van der Waals surface area contributed by atoms with E-state index < -0.39 is 11.7 Å². The molecule has 0 bridgehead atoms. The molecule has 20 heavy (non-hydrogen) atoms. The number of aryl methyl sites for hydroxylation is 1. The molecule has 0 radical (unpaired) electrons. The van der Waals surface area contributed by atoms with Crippen LogP contribution in [0.15, 0.2) is 34.9 Å². The third kappa shape index (κ3) is 3.05. The van der Waals surface area contributed by atoms with E-state index in [1.165, 1.54) is 18.4 Å². The van der Waals surface area contributed by atoms with Crippen LogP contribution < -0.4 is 5.32 Å². The molecule has 2 aromatic rings. The van der Waals surface area contributed by atoms with Crippen LogP contribution in [0.4, 0.5) is 10.1 Å². The summed E-state index contributed by atoms with van der Waals surface area (Å²) in [5, 5.41) is 11.0. The van der Waals surface area contributed by atoms with Crippen LogP contribution in [0.3, 0.4) is 0 Å². The Balaban J connectivity index is 2.18.